The van der Waals surface area contributed by atoms with Crippen LogP contribution in [0.25, 0.3) is 5.65 Å². The van der Waals surface area contributed by atoms with Gasteiger partial charge in [-0.1, -0.05) is 0 Å². The molecule has 1 aliphatic heterocycles. The van der Waals surface area contributed by atoms with Crippen molar-refractivity contribution < 1.29 is 5.11 Å². The number of hydrogen-bond donors (Lipinski definition) is 2. The average Bonchev–Trinajstić information content (AvgIpc) is 2.96. The fraction of sp³-hybridized carbons (Fsp3) is 0.500. The Kier molecular flexibility index (Phi) is 2.79. The molecule has 6 nitrogen and oxygen atoms in total. The lowest BCUT2D eigenvalue weighted by atomic mass is 10.1. The van der Waals surface area contributed by atoms with Gasteiger partial charge in [-0.05, 0) is 18.8 Å². The molecule has 0 spiro atoms. The van der Waals surface area contributed by atoms with Crippen LogP contribution < -0.4 is 10.6 Å². The molecule has 1 unspecified atom stereocenters. The molecule has 96 valence electrons. The van der Waals surface area contributed by atoms with E-state index in [0.717, 1.165) is 37.4 Å². The quantitative estimate of drug-likeness (QED) is 0.826. The number of imidazole rings is 1. The van der Waals surface area contributed by atoms with Gasteiger partial charge in [0.15, 0.2) is 11.5 Å². The molecule has 1 aliphatic rings. The van der Waals surface area contributed by atoms with Crippen LogP contribution in [0.2, 0.25) is 0 Å². The Balaban J connectivity index is 1.92. The fourth-order valence-electron chi connectivity index (χ4n) is 2.59. The molecule has 2 aromatic rings. The molecule has 0 amide bonds. The maximum atomic E-state index is 9.00. The second kappa shape index (κ2) is 4.45. The lowest BCUT2D eigenvalue weighted by Crippen LogP contribution is -2.22. The number of anilines is 2. The Labute approximate surface area is 105 Å². The third-order valence-corrected chi connectivity index (χ3v) is 3.50. The zero-order valence-corrected chi connectivity index (χ0v) is 10.2. The second-order valence-electron chi connectivity index (χ2n) is 4.76. The summed E-state index contributed by atoms with van der Waals surface area (Å²) >= 11 is 0. The summed E-state index contributed by atoms with van der Waals surface area (Å²) in [5.41, 5.74) is 6.66. The van der Waals surface area contributed by atoms with Gasteiger partial charge in [0.25, 0.3) is 0 Å². The van der Waals surface area contributed by atoms with E-state index < -0.39 is 0 Å². The zero-order valence-electron chi connectivity index (χ0n) is 10.2. The van der Waals surface area contributed by atoms with E-state index in [4.69, 9.17) is 10.8 Å². The Bertz CT molecular complexity index is 552. The summed E-state index contributed by atoms with van der Waals surface area (Å²) in [6, 6.07) is 0. The first-order chi connectivity index (χ1) is 8.78. The Morgan fingerprint density at radius 2 is 2.39 bits per heavy atom. The molecule has 6 heteroatoms. The molecule has 2 aromatic heterocycles. The van der Waals surface area contributed by atoms with E-state index in [9.17, 15) is 0 Å². The summed E-state index contributed by atoms with van der Waals surface area (Å²) < 4.78 is 1.90. The van der Waals surface area contributed by atoms with Gasteiger partial charge in [0.05, 0.1) is 6.20 Å². The summed E-state index contributed by atoms with van der Waals surface area (Å²) in [5, 5.41) is 9.00. The van der Waals surface area contributed by atoms with Crippen molar-refractivity contribution >= 4 is 17.3 Å². The molecule has 1 fully saturated rings. The largest absolute Gasteiger partial charge is 0.396 e. The molecule has 18 heavy (non-hydrogen) atoms. The molecule has 3 N–H and O–H groups in total. The smallest absolute Gasteiger partial charge is 0.180 e. The summed E-state index contributed by atoms with van der Waals surface area (Å²) in [5.74, 6) is 1.88. The second-order valence-corrected chi connectivity index (χ2v) is 4.76. The first-order valence-electron chi connectivity index (χ1n) is 6.23. The molecule has 0 aliphatic carbocycles. The summed E-state index contributed by atoms with van der Waals surface area (Å²) in [7, 11) is 0. The maximum absolute atomic E-state index is 9.00. The number of aliphatic hydroxyl groups is 1. The van der Waals surface area contributed by atoms with Gasteiger partial charge < -0.3 is 20.1 Å². The van der Waals surface area contributed by atoms with Crippen molar-refractivity contribution in [2.45, 2.75) is 12.8 Å². The van der Waals surface area contributed by atoms with Crippen molar-refractivity contribution in [1.82, 2.24) is 14.4 Å². The Morgan fingerprint density at radius 3 is 3.22 bits per heavy atom. The SMILES string of the molecule is Nc1cn2ccnc2c(N2CCC(CCO)C2)n1. The molecule has 0 bridgehead atoms. The van der Waals surface area contributed by atoms with Gasteiger partial charge in [0.2, 0.25) is 0 Å². The van der Waals surface area contributed by atoms with Crippen molar-refractivity contribution in [3.8, 4) is 0 Å². The van der Waals surface area contributed by atoms with Gasteiger partial charge in [-0.25, -0.2) is 9.97 Å². The van der Waals surface area contributed by atoms with Crippen molar-refractivity contribution in [3.63, 3.8) is 0 Å². The van der Waals surface area contributed by atoms with Crippen molar-refractivity contribution in [1.29, 1.82) is 0 Å². The number of nitrogens with two attached hydrogens (primary N) is 1. The number of aliphatic hydroxyl groups excluding tert-OH is 1. The number of fused-ring (bicyclic) bond motifs is 1. The van der Waals surface area contributed by atoms with Crippen LogP contribution in [0.4, 0.5) is 11.6 Å². The number of nitrogens with zero attached hydrogens (tertiary/aromatic N) is 4. The van der Waals surface area contributed by atoms with E-state index in [1.807, 2.05) is 10.6 Å². The third kappa shape index (κ3) is 1.88. The minimum atomic E-state index is 0.252. The molecule has 1 saturated heterocycles. The van der Waals surface area contributed by atoms with Gasteiger partial charge in [-0.15, -0.1) is 0 Å². The highest BCUT2D eigenvalue weighted by Gasteiger charge is 2.25. The minimum Gasteiger partial charge on any atom is -0.396 e. The van der Waals surface area contributed by atoms with Crippen LogP contribution >= 0.6 is 0 Å². The number of rotatable bonds is 3. The Hall–Kier alpha value is -1.82. The van der Waals surface area contributed by atoms with Crippen LogP contribution in [-0.2, 0) is 0 Å². The minimum absolute atomic E-state index is 0.252. The highest BCUT2D eigenvalue weighted by molar-refractivity contribution is 5.66. The molecular formula is C12H17N5O. The van der Waals surface area contributed by atoms with Crippen molar-refractivity contribution in [2.75, 3.05) is 30.3 Å². The zero-order chi connectivity index (χ0) is 12.5. The van der Waals surface area contributed by atoms with Gasteiger partial charge in [0.1, 0.15) is 5.82 Å². The predicted molar refractivity (Wildman–Crippen MR) is 69.4 cm³/mol. The van der Waals surface area contributed by atoms with E-state index >= 15 is 0 Å². The lowest BCUT2D eigenvalue weighted by molar-refractivity contribution is 0.263. The summed E-state index contributed by atoms with van der Waals surface area (Å²) in [6.45, 7) is 2.12. The van der Waals surface area contributed by atoms with E-state index in [0.29, 0.717) is 11.7 Å². The molecule has 1 atom stereocenters. The summed E-state index contributed by atoms with van der Waals surface area (Å²) in [6.07, 6.45) is 7.33. The predicted octanol–water partition coefficient (Wildman–Crippen LogP) is 0.520. The number of nitrogen functional groups attached to an aromatic ring is 1. The molecular weight excluding hydrogens is 230 g/mol. The number of hydrogen-bond acceptors (Lipinski definition) is 5. The van der Waals surface area contributed by atoms with Gasteiger partial charge >= 0.3 is 0 Å². The third-order valence-electron chi connectivity index (χ3n) is 3.50. The summed E-state index contributed by atoms with van der Waals surface area (Å²) in [4.78, 5) is 10.9. The van der Waals surface area contributed by atoms with Gasteiger partial charge in [-0.2, -0.15) is 0 Å². The standard InChI is InChI=1S/C12H17N5O/c13-10-8-17-5-3-14-11(17)12(15-10)16-4-1-9(7-16)2-6-18/h3,5,8-9,18H,1-2,4,6-7,13H2. The Morgan fingerprint density at radius 1 is 1.50 bits per heavy atom. The normalized spacial score (nSPS) is 19.8. The van der Waals surface area contributed by atoms with E-state index in [-0.39, 0.29) is 6.61 Å². The van der Waals surface area contributed by atoms with Crippen molar-refractivity contribution in [2.24, 2.45) is 5.92 Å². The van der Waals surface area contributed by atoms with Crippen LogP contribution in [0.15, 0.2) is 18.6 Å². The fourth-order valence-corrected chi connectivity index (χ4v) is 2.59. The van der Waals surface area contributed by atoms with Crippen LogP contribution in [0.1, 0.15) is 12.8 Å². The highest BCUT2D eigenvalue weighted by Crippen LogP contribution is 2.27. The molecule has 0 aromatic carbocycles. The first-order valence-corrected chi connectivity index (χ1v) is 6.23. The van der Waals surface area contributed by atoms with E-state index in [1.54, 1.807) is 12.4 Å². The molecule has 3 heterocycles. The van der Waals surface area contributed by atoms with Crippen LogP contribution in [0, 0.1) is 5.92 Å². The number of aromatic nitrogens is 3. The van der Waals surface area contributed by atoms with Crippen LogP contribution in [0.3, 0.4) is 0 Å². The monoisotopic (exact) mass is 247 g/mol. The van der Waals surface area contributed by atoms with E-state index in [1.165, 1.54) is 0 Å². The first kappa shape index (κ1) is 11.3. The van der Waals surface area contributed by atoms with E-state index in [2.05, 4.69) is 14.9 Å². The average molecular weight is 247 g/mol. The maximum Gasteiger partial charge on any atom is 0.180 e. The highest BCUT2D eigenvalue weighted by atomic mass is 16.3. The van der Waals surface area contributed by atoms with Crippen LogP contribution in [-0.4, -0.2) is 39.2 Å². The van der Waals surface area contributed by atoms with Gasteiger partial charge in [0, 0.05) is 32.1 Å². The van der Waals surface area contributed by atoms with Crippen molar-refractivity contribution in [3.05, 3.63) is 18.6 Å². The topological polar surface area (TPSA) is 79.7 Å². The lowest BCUT2D eigenvalue weighted by Gasteiger charge is -2.18. The molecule has 3 rings (SSSR count). The molecule has 0 radical (unpaired) electrons. The van der Waals surface area contributed by atoms with Crippen LogP contribution in [0.5, 0.6) is 0 Å². The van der Waals surface area contributed by atoms with Gasteiger partial charge in [-0.3, -0.25) is 0 Å². The molecule has 0 saturated carbocycles.